The second-order valence-corrected chi connectivity index (χ2v) is 6.68. The van der Waals surface area contributed by atoms with Crippen molar-refractivity contribution in [3.05, 3.63) is 70.2 Å². The van der Waals surface area contributed by atoms with Crippen molar-refractivity contribution in [2.75, 3.05) is 6.54 Å². The van der Waals surface area contributed by atoms with Gasteiger partial charge in [0.25, 0.3) is 5.91 Å². The van der Waals surface area contributed by atoms with Crippen LogP contribution in [-0.2, 0) is 11.3 Å². The van der Waals surface area contributed by atoms with E-state index in [9.17, 15) is 9.59 Å². The third kappa shape index (κ3) is 7.20. The van der Waals surface area contributed by atoms with Gasteiger partial charge in [-0.15, -0.1) is 0 Å². The van der Waals surface area contributed by atoms with Crippen molar-refractivity contribution in [2.24, 2.45) is 0 Å². The lowest BCUT2D eigenvalue weighted by atomic mass is 10.2. The minimum absolute atomic E-state index is 0.135. The van der Waals surface area contributed by atoms with Crippen LogP contribution in [0.5, 0.6) is 0 Å². The van der Waals surface area contributed by atoms with Crippen molar-refractivity contribution < 1.29 is 9.59 Å². The van der Waals surface area contributed by atoms with Gasteiger partial charge >= 0.3 is 0 Å². The maximum absolute atomic E-state index is 11.9. The zero-order chi connectivity index (χ0) is 18.8. The summed E-state index contributed by atoms with van der Waals surface area (Å²) in [5.41, 5.74) is 6.74. The Bertz CT molecular complexity index is 754. The Kier molecular flexibility index (Phi) is 8.04. The number of rotatable bonds is 6. The Labute approximate surface area is 165 Å². The number of nitrogens with one attached hydrogen (secondary N) is 4. The summed E-state index contributed by atoms with van der Waals surface area (Å²) in [5.74, 6) is -0.497. The van der Waals surface area contributed by atoms with E-state index in [1.165, 1.54) is 0 Å². The molecule has 0 aliphatic rings. The minimum Gasteiger partial charge on any atom is -0.357 e. The molecule has 136 valence electrons. The van der Waals surface area contributed by atoms with E-state index in [2.05, 4.69) is 37.4 Å². The molecule has 0 saturated carbocycles. The van der Waals surface area contributed by atoms with Gasteiger partial charge in [-0.2, -0.15) is 0 Å². The van der Waals surface area contributed by atoms with Crippen molar-refractivity contribution in [3.8, 4) is 0 Å². The molecule has 0 saturated heterocycles. The summed E-state index contributed by atoms with van der Waals surface area (Å²) >= 11 is 8.40. The number of carbonyl (C=O) groups is 2. The van der Waals surface area contributed by atoms with Crippen LogP contribution in [0, 0.1) is 0 Å². The molecular formula is C18H19BrN4O2S. The van der Waals surface area contributed by atoms with Crippen molar-refractivity contribution in [3.63, 3.8) is 0 Å². The molecule has 2 amide bonds. The molecule has 0 fully saturated rings. The molecule has 0 aliphatic heterocycles. The fourth-order valence-corrected chi connectivity index (χ4v) is 2.39. The van der Waals surface area contributed by atoms with Crippen LogP contribution >= 0.6 is 28.1 Å². The van der Waals surface area contributed by atoms with Gasteiger partial charge in [0.15, 0.2) is 5.11 Å². The Balaban J connectivity index is 1.60. The van der Waals surface area contributed by atoms with Crippen molar-refractivity contribution in [2.45, 2.75) is 13.0 Å². The average molecular weight is 435 g/mol. The summed E-state index contributed by atoms with van der Waals surface area (Å²) in [5, 5.41) is 6.00. The van der Waals surface area contributed by atoms with Crippen LogP contribution in [0.15, 0.2) is 59.1 Å². The number of benzene rings is 2. The molecule has 0 atom stereocenters. The number of amides is 2. The van der Waals surface area contributed by atoms with Gasteiger partial charge in [-0.25, -0.2) is 0 Å². The van der Waals surface area contributed by atoms with Crippen molar-refractivity contribution >= 4 is 45.1 Å². The number of hydrogen-bond acceptors (Lipinski definition) is 3. The maximum atomic E-state index is 11.9. The highest BCUT2D eigenvalue weighted by molar-refractivity contribution is 9.10. The van der Waals surface area contributed by atoms with Gasteiger partial charge in [-0.05, 0) is 42.0 Å². The Morgan fingerprint density at radius 3 is 2.31 bits per heavy atom. The van der Waals surface area contributed by atoms with Crippen LogP contribution in [0.25, 0.3) is 0 Å². The highest BCUT2D eigenvalue weighted by atomic mass is 79.9. The van der Waals surface area contributed by atoms with E-state index in [0.29, 0.717) is 17.2 Å². The Morgan fingerprint density at radius 2 is 1.62 bits per heavy atom. The first-order valence-electron chi connectivity index (χ1n) is 7.95. The molecule has 0 spiro atoms. The Morgan fingerprint density at radius 1 is 0.923 bits per heavy atom. The monoisotopic (exact) mass is 434 g/mol. The quantitative estimate of drug-likeness (QED) is 0.414. The van der Waals surface area contributed by atoms with Gasteiger partial charge in [0.05, 0.1) is 0 Å². The molecule has 0 heterocycles. The van der Waals surface area contributed by atoms with E-state index >= 15 is 0 Å². The first-order valence-corrected chi connectivity index (χ1v) is 9.15. The van der Waals surface area contributed by atoms with Gasteiger partial charge in [0.1, 0.15) is 0 Å². The molecule has 2 aromatic rings. The fourth-order valence-electron chi connectivity index (χ4n) is 2.00. The SMILES string of the molecule is O=C(CCNC(=O)c1ccc(Br)cc1)NNC(=S)NCc1ccccc1. The highest BCUT2D eigenvalue weighted by Gasteiger charge is 2.07. The average Bonchev–Trinajstić information content (AvgIpc) is 2.66. The lowest BCUT2D eigenvalue weighted by molar-refractivity contribution is -0.121. The summed E-state index contributed by atoms with van der Waals surface area (Å²) in [7, 11) is 0. The van der Waals surface area contributed by atoms with Crippen LogP contribution in [-0.4, -0.2) is 23.5 Å². The van der Waals surface area contributed by atoms with Gasteiger partial charge < -0.3 is 10.6 Å². The Hall–Kier alpha value is -2.45. The lowest BCUT2D eigenvalue weighted by Crippen LogP contribution is -2.47. The smallest absolute Gasteiger partial charge is 0.251 e. The first kappa shape index (κ1) is 19.9. The summed E-state index contributed by atoms with van der Waals surface area (Å²) in [4.78, 5) is 23.7. The van der Waals surface area contributed by atoms with Gasteiger partial charge in [0.2, 0.25) is 5.91 Å². The number of thiocarbonyl (C=S) groups is 1. The lowest BCUT2D eigenvalue weighted by Gasteiger charge is -2.12. The van der Waals surface area contributed by atoms with E-state index in [1.54, 1.807) is 24.3 Å². The van der Waals surface area contributed by atoms with Crippen LogP contribution in [0.3, 0.4) is 0 Å². The largest absolute Gasteiger partial charge is 0.357 e. The molecule has 0 aromatic heterocycles. The molecule has 2 rings (SSSR count). The van der Waals surface area contributed by atoms with E-state index in [0.717, 1.165) is 10.0 Å². The molecular weight excluding hydrogens is 416 g/mol. The van der Waals surface area contributed by atoms with Crippen LogP contribution in [0.1, 0.15) is 22.3 Å². The number of carbonyl (C=O) groups excluding carboxylic acids is 2. The summed E-state index contributed by atoms with van der Waals surface area (Å²) in [6.07, 6.45) is 0.135. The third-order valence-electron chi connectivity index (χ3n) is 3.36. The number of hydrogen-bond donors (Lipinski definition) is 4. The molecule has 26 heavy (non-hydrogen) atoms. The number of halogens is 1. The number of hydrazine groups is 1. The van der Waals surface area contributed by atoms with Gasteiger partial charge in [-0.1, -0.05) is 46.3 Å². The second kappa shape index (κ2) is 10.5. The van der Waals surface area contributed by atoms with Crippen LogP contribution in [0.2, 0.25) is 0 Å². The van der Waals surface area contributed by atoms with E-state index in [-0.39, 0.29) is 24.8 Å². The third-order valence-corrected chi connectivity index (χ3v) is 4.13. The van der Waals surface area contributed by atoms with E-state index in [1.807, 2.05) is 30.3 Å². The predicted octanol–water partition coefficient (Wildman–Crippen LogP) is 2.26. The normalized spacial score (nSPS) is 9.88. The molecule has 0 radical (unpaired) electrons. The van der Waals surface area contributed by atoms with Crippen molar-refractivity contribution in [1.82, 2.24) is 21.5 Å². The van der Waals surface area contributed by atoms with Gasteiger partial charge in [0, 0.05) is 29.5 Å². The maximum Gasteiger partial charge on any atom is 0.251 e. The molecule has 0 aliphatic carbocycles. The summed E-state index contributed by atoms with van der Waals surface area (Å²) in [6, 6.07) is 16.8. The summed E-state index contributed by atoms with van der Waals surface area (Å²) in [6.45, 7) is 0.790. The molecule has 4 N–H and O–H groups in total. The van der Waals surface area contributed by atoms with Crippen LogP contribution < -0.4 is 21.5 Å². The molecule has 8 heteroatoms. The van der Waals surface area contributed by atoms with E-state index in [4.69, 9.17) is 12.2 Å². The van der Waals surface area contributed by atoms with E-state index < -0.39 is 0 Å². The zero-order valence-electron chi connectivity index (χ0n) is 13.9. The van der Waals surface area contributed by atoms with Crippen LogP contribution in [0.4, 0.5) is 0 Å². The first-order chi connectivity index (χ1) is 12.5. The van der Waals surface area contributed by atoms with Crippen molar-refractivity contribution in [1.29, 1.82) is 0 Å². The fraction of sp³-hybridized carbons (Fsp3) is 0.167. The molecule has 0 bridgehead atoms. The highest BCUT2D eigenvalue weighted by Crippen LogP contribution is 2.10. The topological polar surface area (TPSA) is 82.3 Å². The molecule has 2 aromatic carbocycles. The zero-order valence-corrected chi connectivity index (χ0v) is 16.3. The summed E-state index contributed by atoms with van der Waals surface area (Å²) < 4.78 is 0.899. The molecule has 6 nitrogen and oxygen atoms in total. The predicted molar refractivity (Wildman–Crippen MR) is 108 cm³/mol. The van der Waals surface area contributed by atoms with Gasteiger partial charge in [-0.3, -0.25) is 20.4 Å². The second-order valence-electron chi connectivity index (χ2n) is 5.35. The standard InChI is InChI=1S/C18H19BrN4O2S/c19-15-8-6-14(7-9-15)17(25)20-11-10-16(24)22-23-18(26)21-12-13-4-2-1-3-5-13/h1-9H,10-12H2,(H,20,25)(H,22,24)(H2,21,23,26). The minimum atomic E-state index is -0.273. The molecule has 0 unspecified atom stereocenters.